The Morgan fingerprint density at radius 2 is 1.87 bits per heavy atom. The summed E-state index contributed by atoms with van der Waals surface area (Å²) in [4.78, 5) is 18.0. The van der Waals surface area contributed by atoms with E-state index in [1.807, 2.05) is 18.7 Å². The number of nitrogens with one attached hydrogen (secondary N) is 1. The van der Waals surface area contributed by atoms with E-state index in [1.54, 1.807) is 0 Å². The molecule has 5 fully saturated rings. The number of nitrogens with zero attached hydrogens (tertiary/aromatic N) is 4. The van der Waals surface area contributed by atoms with Crippen LogP contribution in [0.5, 0.6) is 0 Å². The van der Waals surface area contributed by atoms with Gasteiger partial charge in [0, 0.05) is 31.7 Å². The van der Waals surface area contributed by atoms with Crippen LogP contribution in [0.2, 0.25) is 0 Å². The monoisotopic (exact) mass is 413 g/mol. The van der Waals surface area contributed by atoms with Crippen molar-refractivity contribution in [3.8, 4) is 0 Å². The van der Waals surface area contributed by atoms with Crippen LogP contribution in [0.15, 0.2) is 0 Å². The van der Waals surface area contributed by atoms with Gasteiger partial charge in [0.25, 0.3) is 5.91 Å². The van der Waals surface area contributed by atoms with E-state index in [4.69, 9.17) is 0 Å². The summed E-state index contributed by atoms with van der Waals surface area (Å²) in [6.45, 7) is 4.25. The van der Waals surface area contributed by atoms with E-state index in [9.17, 15) is 9.90 Å². The molecule has 2 unspecified atom stereocenters. The van der Waals surface area contributed by atoms with Crippen molar-refractivity contribution in [1.29, 1.82) is 0 Å². The van der Waals surface area contributed by atoms with Gasteiger partial charge < -0.3 is 20.1 Å². The summed E-state index contributed by atoms with van der Waals surface area (Å²) in [5.41, 5.74) is 1.06. The maximum absolute atomic E-state index is 13.3. The normalized spacial score (nSPS) is 36.3. The van der Waals surface area contributed by atoms with Crippen molar-refractivity contribution in [1.82, 2.24) is 19.9 Å². The van der Waals surface area contributed by atoms with E-state index in [0.717, 1.165) is 69.4 Å². The number of aliphatic hydroxyl groups is 1. The fraction of sp³-hybridized carbons (Fsp3) is 0.818. The molecule has 1 aromatic rings. The minimum Gasteiger partial charge on any atom is -0.390 e. The summed E-state index contributed by atoms with van der Waals surface area (Å²) in [5, 5.41) is 18.8. The topological polar surface area (TPSA) is 73.6 Å². The van der Waals surface area contributed by atoms with E-state index in [0.29, 0.717) is 29.5 Å². The Balaban J connectivity index is 1.32. The third kappa shape index (κ3) is 3.36. The number of piperidine rings is 1. The Morgan fingerprint density at radius 1 is 1.23 bits per heavy atom. The van der Waals surface area contributed by atoms with Gasteiger partial charge in [-0.05, 0) is 82.7 Å². The zero-order chi connectivity index (χ0) is 21.2. The quantitative estimate of drug-likeness (QED) is 0.716. The predicted molar refractivity (Wildman–Crippen MR) is 119 cm³/mol. The molecule has 4 aliphatic carbocycles. The van der Waals surface area contributed by atoms with Crippen molar-refractivity contribution in [3.05, 3.63) is 11.3 Å². The van der Waals surface area contributed by atoms with E-state index in [1.165, 1.54) is 0 Å². The number of rotatable bonds is 4. The van der Waals surface area contributed by atoms with Crippen molar-refractivity contribution in [2.24, 2.45) is 24.8 Å². The van der Waals surface area contributed by atoms with Crippen molar-refractivity contribution in [2.75, 3.05) is 25.0 Å². The maximum Gasteiger partial charge on any atom is 0.272 e. The number of hydrogen-bond acceptors (Lipinski definition) is 5. The van der Waals surface area contributed by atoms with Gasteiger partial charge in [-0.2, -0.15) is 5.10 Å². The van der Waals surface area contributed by atoms with Crippen molar-refractivity contribution in [2.45, 2.75) is 69.6 Å². The minimum atomic E-state index is -0.470. The molecule has 2 heterocycles. The molecule has 1 saturated heterocycles. The molecule has 164 valence electrons. The molecule has 4 saturated carbocycles. The molecule has 2 N–H and O–H groups in total. The van der Waals surface area contributed by atoms with Gasteiger partial charge in [-0.15, -0.1) is 0 Å². The number of aryl methyl sites for hydroxylation is 1. The average Bonchev–Trinajstić information content (AvgIpc) is 2.97. The maximum atomic E-state index is 13.3. The lowest BCUT2D eigenvalue weighted by Gasteiger charge is -2.58. The molecule has 6 rings (SSSR count). The van der Waals surface area contributed by atoms with E-state index < -0.39 is 5.60 Å². The molecule has 1 amide bonds. The van der Waals surface area contributed by atoms with Crippen molar-refractivity contribution >= 4 is 19.7 Å². The number of hydrogen-bond donors (Lipinski definition) is 2. The molecule has 1 aromatic heterocycles. The highest BCUT2D eigenvalue weighted by Gasteiger charge is 2.55. The van der Waals surface area contributed by atoms with Crippen LogP contribution in [0.3, 0.4) is 0 Å². The van der Waals surface area contributed by atoms with Gasteiger partial charge in [0.15, 0.2) is 13.7 Å². The molecule has 8 heteroatoms. The first kappa shape index (κ1) is 20.4. The van der Waals surface area contributed by atoms with Crippen LogP contribution in [-0.2, 0) is 7.05 Å². The van der Waals surface area contributed by atoms with Gasteiger partial charge in [0.05, 0.1) is 5.60 Å². The first-order chi connectivity index (χ1) is 14.2. The van der Waals surface area contributed by atoms with Gasteiger partial charge >= 0.3 is 0 Å². The van der Waals surface area contributed by atoms with Crippen molar-refractivity contribution in [3.63, 3.8) is 0 Å². The van der Waals surface area contributed by atoms with E-state index >= 15 is 0 Å². The van der Waals surface area contributed by atoms with Crippen molar-refractivity contribution < 1.29 is 9.90 Å². The molecular weight excluding hydrogens is 377 g/mol. The largest absolute Gasteiger partial charge is 0.390 e. The third-order valence-corrected chi connectivity index (χ3v) is 8.57. The Kier molecular flexibility index (Phi) is 4.93. The standard InChI is InChI=1S/C22H36BN5O2/c1-13-18(25-27(3)21(13)26(2)17-4-6-28(23)7-5-17)20(29)24-19-15-8-14-9-16(19)12-22(30,10-14)11-15/h14-17,19,30H,4-12,23H2,1-3H3,(H,24,29)/t14?,15?,16?,19-,22-. The van der Waals surface area contributed by atoms with Crippen LogP contribution in [0.1, 0.15) is 61.0 Å². The Labute approximate surface area is 180 Å². The van der Waals surface area contributed by atoms with Crippen LogP contribution in [0, 0.1) is 24.7 Å². The van der Waals surface area contributed by atoms with Gasteiger partial charge in [0.2, 0.25) is 0 Å². The number of carbonyl (C=O) groups excluding carboxylic acids is 1. The third-order valence-electron chi connectivity index (χ3n) is 8.57. The summed E-state index contributed by atoms with van der Waals surface area (Å²) in [6, 6.07) is 0.669. The molecule has 4 bridgehead atoms. The summed E-state index contributed by atoms with van der Waals surface area (Å²) < 4.78 is 1.88. The van der Waals surface area contributed by atoms with E-state index in [-0.39, 0.29) is 11.9 Å². The second kappa shape index (κ2) is 7.26. The number of aromatic nitrogens is 2. The van der Waals surface area contributed by atoms with Crippen LogP contribution < -0.4 is 10.2 Å². The first-order valence-corrected chi connectivity index (χ1v) is 11.7. The first-order valence-electron chi connectivity index (χ1n) is 11.7. The fourth-order valence-electron chi connectivity index (χ4n) is 7.32. The SMILES string of the molecule is BN1CCC(N(C)c2c(C)c(C(=O)N[C@H]3C4CC5CC3C[C@](O)(C5)C4)nn2C)CC1. The molecule has 5 aliphatic rings. The summed E-state index contributed by atoms with van der Waals surface area (Å²) in [6.07, 6.45) is 7.21. The second-order valence-electron chi connectivity index (χ2n) is 10.8. The summed E-state index contributed by atoms with van der Waals surface area (Å²) >= 11 is 0. The molecule has 7 nitrogen and oxygen atoms in total. The second-order valence-corrected chi connectivity index (χ2v) is 10.8. The van der Waals surface area contributed by atoms with Crippen LogP contribution in [0.25, 0.3) is 0 Å². The molecular formula is C22H36BN5O2. The Hall–Kier alpha value is -1.54. The lowest BCUT2D eigenvalue weighted by molar-refractivity contribution is -0.136. The zero-order valence-electron chi connectivity index (χ0n) is 18.9. The molecule has 0 radical (unpaired) electrons. The molecule has 0 aromatic carbocycles. The minimum absolute atomic E-state index is 0.0457. The zero-order valence-corrected chi connectivity index (χ0v) is 18.9. The number of anilines is 1. The van der Waals surface area contributed by atoms with Gasteiger partial charge in [-0.1, -0.05) is 0 Å². The van der Waals surface area contributed by atoms with Crippen LogP contribution in [-0.4, -0.2) is 71.4 Å². The fourth-order valence-corrected chi connectivity index (χ4v) is 7.32. The smallest absolute Gasteiger partial charge is 0.272 e. The molecule has 30 heavy (non-hydrogen) atoms. The highest BCUT2D eigenvalue weighted by molar-refractivity contribution is 6.04. The van der Waals surface area contributed by atoms with E-state index in [2.05, 4.69) is 35.2 Å². The summed E-state index contributed by atoms with van der Waals surface area (Å²) in [7, 11) is 6.26. The molecule has 2 atom stereocenters. The molecule has 0 spiro atoms. The highest BCUT2D eigenvalue weighted by Crippen LogP contribution is 2.55. The molecule has 1 aliphatic heterocycles. The van der Waals surface area contributed by atoms with Gasteiger partial charge in [-0.25, -0.2) is 0 Å². The lowest BCUT2D eigenvalue weighted by Crippen LogP contribution is -2.61. The Bertz CT molecular complexity index is 818. The van der Waals surface area contributed by atoms with Crippen LogP contribution >= 0.6 is 0 Å². The van der Waals surface area contributed by atoms with Gasteiger partial charge in [-0.3, -0.25) is 9.48 Å². The highest BCUT2D eigenvalue weighted by atomic mass is 16.3. The lowest BCUT2D eigenvalue weighted by atomic mass is 9.52. The average molecular weight is 413 g/mol. The number of amides is 1. The Morgan fingerprint density at radius 3 is 2.47 bits per heavy atom. The number of carbonyl (C=O) groups is 1. The van der Waals surface area contributed by atoms with Gasteiger partial charge in [0.1, 0.15) is 5.82 Å². The predicted octanol–water partition coefficient (Wildman–Crippen LogP) is 0.847. The van der Waals surface area contributed by atoms with Crippen LogP contribution in [0.4, 0.5) is 5.82 Å². The summed E-state index contributed by atoms with van der Waals surface area (Å²) in [5.74, 6) is 2.47.